The van der Waals surface area contributed by atoms with Gasteiger partial charge in [0.15, 0.2) is 0 Å². The molecule has 0 radical (unpaired) electrons. The van der Waals surface area contributed by atoms with Crippen molar-refractivity contribution >= 4 is 23.3 Å². The Labute approximate surface area is 149 Å². The zero-order valence-electron chi connectivity index (χ0n) is 14.2. The van der Waals surface area contributed by atoms with Crippen LogP contribution in [0.3, 0.4) is 0 Å². The Hall–Kier alpha value is -2.44. The van der Waals surface area contributed by atoms with Crippen molar-refractivity contribution in [3.63, 3.8) is 0 Å². The monoisotopic (exact) mass is 348 g/mol. The van der Waals surface area contributed by atoms with Gasteiger partial charge in [0.2, 0.25) is 12.7 Å². The molecule has 3 heteroatoms. The van der Waals surface area contributed by atoms with Gasteiger partial charge in [-0.2, -0.15) is 0 Å². The van der Waals surface area contributed by atoms with E-state index in [0.29, 0.717) is 23.5 Å². The quantitative estimate of drug-likeness (QED) is 0.597. The van der Waals surface area contributed by atoms with E-state index in [0.717, 1.165) is 16.7 Å². The van der Waals surface area contributed by atoms with Crippen LogP contribution in [0.5, 0.6) is 0 Å². The molecule has 1 saturated carbocycles. The van der Waals surface area contributed by atoms with Gasteiger partial charge in [-0.05, 0) is 12.8 Å². The van der Waals surface area contributed by atoms with Crippen molar-refractivity contribution in [3.05, 3.63) is 97.1 Å². The smallest absolute Gasteiger partial charge is 0.211 e. The van der Waals surface area contributed by atoms with E-state index < -0.39 is 13.1 Å². The average Bonchev–Trinajstić information content (AvgIpc) is 2.61. The second kappa shape index (κ2) is 6.82. The molecule has 2 aromatic rings. The van der Waals surface area contributed by atoms with Crippen LogP contribution in [0.4, 0.5) is 0 Å². The predicted molar refractivity (Wildman–Crippen MR) is 105 cm³/mol. The van der Waals surface area contributed by atoms with Crippen molar-refractivity contribution in [1.29, 1.82) is 0 Å². The highest BCUT2D eigenvalue weighted by molar-refractivity contribution is 7.93. The first kappa shape index (κ1) is 17.4. The molecule has 0 atom stereocenters. The molecule has 126 valence electrons. The van der Waals surface area contributed by atoms with Crippen LogP contribution in [-0.4, -0.2) is 5.52 Å². The Balaban J connectivity index is 2.15. The van der Waals surface area contributed by atoms with Crippen molar-refractivity contribution in [3.8, 4) is 0 Å². The Morgan fingerprint density at radius 3 is 1.60 bits per heavy atom. The molecule has 1 fully saturated rings. The molecular formula is C22H21O2P. The Morgan fingerprint density at radius 2 is 1.20 bits per heavy atom. The molecule has 2 nitrogen and oxygen atoms in total. The maximum absolute atomic E-state index is 14.1. The first-order chi connectivity index (χ1) is 11.9. The lowest BCUT2D eigenvalue weighted by Gasteiger charge is -2.30. The maximum Gasteiger partial charge on any atom is 0.211 e. The van der Waals surface area contributed by atoms with E-state index in [9.17, 15) is 9.36 Å². The molecule has 3 rings (SSSR count). The molecular weight excluding hydrogens is 327 g/mol. The maximum atomic E-state index is 14.1. The lowest BCUT2D eigenvalue weighted by Crippen LogP contribution is -2.30. The number of hydrogen-bond acceptors (Lipinski definition) is 2. The summed E-state index contributed by atoms with van der Waals surface area (Å²) in [6.45, 7) is 12.1. The van der Waals surface area contributed by atoms with Crippen molar-refractivity contribution < 1.29 is 9.36 Å². The van der Waals surface area contributed by atoms with Gasteiger partial charge in [0.1, 0.15) is 0 Å². The van der Waals surface area contributed by atoms with E-state index in [2.05, 4.69) is 19.7 Å². The summed E-state index contributed by atoms with van der Waals surface area (Å²) in [7, 11) is -3.47. The van der Waals surface area contributed by atoms with E-state index in [1.165, 1.54) is 0 Å². The zero-order valence-corrected chi connectivity index (χ0v) is 15.0. The minimum absolute atomic E-state index is 0.299. The Morgan fingerprint density at radius 1 is 0.800 bits per heavy atom. The van der Waals surface area contributed by atoms with E-state index in [4.69, 9.17) is 0 Å². The highest BCUT2D eigenvalue weighted by Crippen LogP contribution is 2.51. The van der Waals surface area contributed by atoms with Gasteiger partial charge in [0.05, 0.1) is 5.92 Å². The Bertz CT molecular complexity index is 831. The summed E-state index contributed by atoms with van der Waals surface area (Å²) in [5.41, 5.74) is 2.16. The third-order valence-corrected chi connectivity index (χ3v) is 7.50. The minimum Gasteiger partial charge on any atom is -0.306 e. The van der Waals surface area contributed by atoms with Gasteiger partial charge in [0.25, 0.3) is 0 Å². The SMILES string of the molecule is C=C1CC(=C)C(C(=O)P(=O)(c2ccccc2)c2ccccc2)C(=C)C1. The summed E-state index contributed by atoms with van der Waals surface area (Å²) >= 11 is 0. The number of rotatable bonds is 4. The van der Waals surface area contributed by atoms with Gasteiger partial charge in [-0.15, -0.1) is 0 Å². The van der Waals surface area contributed by atoms with Gasteiger partial charge in [-0.25, -0.2) is 0 Å². The molecule has 1 aliphatic rings. The molecule has 0 N–H and O–H groups in total. The second-order valence-corrected chi connectivity index (χ2v) is 9.16. The van der Waals surface area contributed by atoms with Crippen molar-refractivity contribution in [2.45, 2.75) is 12.8 Å². The van der Waals surface area contributed by atoms with E-state index in [1.807, 2.05) is 36.4 Å². The highest BCUT2D eigenvalue weighted by Gasteiger charge is 2.43. The third kappa shape index (κ3) is 3.10. The summed E-state index contributed by atoms with van der Waals surface area (Å²) in [6, 6.07) is 18.0. The highest BCUT2D eigenvalue weighted by atomic mass is 31.2. The Kier molecular flexibility index (Phi) is 4.74. The summed E-state index contributed by atoms with van der Waals surface area (Å²) in [4.78, 5) is 13.5. The third-order valence-electron chi connectivity index (χ3n) is 4.57. The zero-order chi connectivity index (χ0) is 18.0. The molecule has 0 heterocycles. The molecule has 0 spiro atoms. The van der Waals surface area contributed by atoms with Crippen LogP contribution in [-0.2, 0) is 9.36 Å². The number of carbonyl (C=O) groups excluding carboxylic acids is 1. The molecule has 0 aliphatic heterocycles. The standard InChI is InChI=1S/C22H21O2P/c1-16-14-17(2)21(18(3)15-16)22(23)25(24,19-10-6-4-7-11-19)20-12-8-5-9-13-20/h4-13,21H,1-3,14-15H2. The molecule has 0 amide bonds. The normalized spacial score (nSPS) is 16.1. The summed E-state index contributed by atoms with van der Waals surface area (Å²) < 4.78 is 14.1. The average molecular weight is 348 g/mol. The van der Waals surface area contributed by atoms with Gasteiger partial charge in [-0.3, -0.25) is 4.79 Å². The van der Waals surface area contributed by atoms with E-state index in [-0.39, 0.29) is 5.52 Å². The van der Waals surface area contributed by atoms with Crippen LogP contribution in [0.2, 0.25) is 0 Å². The number of carbonyl (C=O) groups is 1. The van der Waals surface area contributed by atoms with Crippen LogP contribution in [0, 0.1) is 5.92 Å². The van der Waals surface area contributed by atoms with Gasteiger partial charge < -0.3 is 4.57 Å². The first-order valence-electron chi connectivity index (χ1n) is 8.22. The van der Waals surface area contributed by atoms with Gasteiger partial charge in [-0.1, -0.05) is 97.1 Å². The van der Waals surface area contributed by atoms with Crippen LogP contribution >= 0.6 is 7.14 Å². The fourth-order valence-corrected chi connectivity index (χ4v) is 6.13. The van der Waals surface area contributed by atoms with Crippen molar-refractivity contribution in [2.75, 3.05) is 0 Å². The molecule has 0 aromatic heterocycles. The topological polar surface area (TPSA) is 34.1 Å². The fraction of sp³-hybridized carbons (Fsp3) is 0.136. The van der Waals surface area contributed by atoms with E-state index >= 15 is 0 Å². The van der Waals surface area contributed by atoms with Gasteiger partial charge >= 0.3 is 0 Å². The van der Waals surface area contributed by atoms with E-state index in [1.54, 1.807) is 24.3 Å². The number of hydrogen-bond donors (Lipinski definition) is 0. The lowest BCUT2D eigenvalue weighted by molar-refractivity contribution is -0.113. The molecule has 2 aromatic carbocycles. The fourth-order valence-electron chi connectivity index (χ4n) is 3.41. The molecule has 25 heavy (non-hydrogen) atoms. The van der Waals surface area contributed by atoms with Gasteiger partial charge in [0, 0.05) is 10.6 Å². The van der Waals surface area contributed by atoms with Crippen LogP contribution in [0.15, 0.2) is 97.1 Å². The van der Waals surface area contributed by atoms with Crippen LogP contribution in [0.25, 0.3) is 0 Å². The summed E-state index contributed by atoms with van der Waals surface area (Å²) in [6.07, 6.45) is 1.16. The van der Waals surface area contributed by atoms with Crippen LogP contribution < -0.4 is 10.6 Å². The molecule has 1 aliphatic carbocycles. The summed E-state index contributed by atoms with van der Waals surface area (Å²) in [5, 5.41) is 1.10. The largest absolute Gasteiger partial charge is 0.306 e. The second-order valence-electron chi connectivity index (χ2n) is 6.47. The first-order valence-corrected chi connectivity index (χ1v) is 9.93. The predicted octanol–water partition coefficient (Wildman–Crippen LogP) is 4.61. The molecule has 0 unspecified atom stereocenters. The summed E-state index contributed by atoms with van der Waals surface area (Å²) in [5.74, 6) is -0.586. The number of allylic oxidation sites excluding steroid dienone is 3. The molecule has 0 bridgehead atoms. The van der Waals surface area contributed by atoms with Crippen molar-refractivity contribution in [2.24, 2.45) is 5.92 Å². The molecule has 0 saturated heterocycles. The van der Waals surface area contributed by atoms with Crippen molar-refractivity contribution in [1.82, 2.24) is 0 Å². The lowest BCUT2D eigenvalue weighted by atomic mass is 9.80. The van der Waals surface area contributed by atoms with Crippen LogP contribution in [0.1, 0.15) is 12.8 Å². The number of benzene rings is 2. The minimum atomic E-state index is -3.47.